The second kappa shape index (κ2) is 9.84. The Morgan fingerprint density at radius 1 is 1.14 bits per heavy atom. The van der Waals surface area contributed by atoms with Crippen LogP contribution in [0, 0.1) is 23.1 Å². The molecule has 2 aromatic carbocycles. The van der Waals surface area contributed by atoms with Gasteiger partial charge in [0.05, 0.1) is 17.1 Å². The summed E-state index contributed by atoms with van der Waals surface area (Å²) in [6, 6.07) is 10.8. The Balaban J connectivity index is 1.65. The van der Waals surface area contributed by atoms with Gasteiger partial charge in [0.15, 0.2) is 0 Å². The highest BCUT2D eigenvalue weighted by Crippen LogP contribution is 2.39. The average Bonchev–Trinajstić information content (AvgIpc) is 2.85. The van der Waals surface area contributed by atoms with Gasteiger partial charge in [-0.2, -0.15) is 0 Å². The van der Waals surface area contributed by atoms with Crippen molar-refractivity contribution in [3.05, 3.63) is 76.3 Å². The number of halogens is 2. The molecule has 2 aromatic rings. The van der Waals surface area contributed by atoms with Gasteiger partial charge in [-0.05, 0) is 31.2 Å². The highest BCUT2D eigenvalue weighted by Gasteiger charge is 2.56. The molecule has 0 aromatic heterocycles. The van der Waals surface area contributed by atoms with Gasteiger partial charge in [-0.3, -0.25) is 9.59 Å². The van der Waals surface area contributed by atoms with E-state index in [4.69, 9.17) is 17.0 Å². The third kappa shape index (κ3) is 4.32. The molecule has 4 amide bonds. The van der Waals surface area contributed by atoms with Gasteiger partial charge in [-0.15, -0.1) is 0 Å². The number of carbonyl (C=O) groups is 3. The van der Waals surface area contributed by atoms with Crippen molar-refractivity contribution in [3.8, 4) is 11.8 Å². The molecule has 2 N–H and O–H groups in total. The van der Waals surface area contributed by atoms with E-state index in [2.05, 4.69) is 17.2 Å². The Kier molecular flexibility index (Phi) is 6.82. The number of rotatable bonds is 4. The Hall–Kier alpha value is -4.16. The first-order valence-electron chi connectivity index (χ1n) is 11.1. The van der Waals surface area contributed by atoms with Crippen LogP contribution in [0.3, 0.4) is 0 Å². The topological polar surface area (TPSA) is 96.8 Å². The van der Waals surface area contributed by atoms with E-state index in [1.54, 1.807) is 7.05 Å². The van der Waals surface area contributed by atoms with Gasteiger partial charge < -0.3 is 20.5 Å². The lowest BCUT2D eigenvalue weighted by molar-refractivity contribution is -0.149. The molecule has 184 valence electrons. The first-order valence-corrected chi connectivity index (χ1v) is 11.5. The average molecular weight is 508 g/mol. The molecule has 2 fully saturated rings. The molecule has 0 aliphatic carbocycles. The van der Waals surface area contributed by atoms with Crippen molar-refractivity contribution in [2.75, 3.05) is 25.0 Å². The van der Waals surface area contributed by atoms with Crippen molar-refractivity contribution in [2.45, 2.75) is 18.9 Å². The Labute approximate surface area is 212 Å². The van der Waals surface area contributed by atoms with Crippen LogP contribution in [0.2, 0.25) is 5.02 Å². The first-order chi connectivity index (χ1) is 17.2. The second-order valence-corrected chi connectivity index (χ2v) is 8.88. The fraction of sp³-hybridized carbons (Fsp3) is 0.231. The summed E-state index contributed by atoms with van der Waals surface area (Å²) in [6.07, 6.45) is 2.13. The monoisotopic (exact) mass is 507 g/mol. The number of anilines is 1. The number of benzene rings is 2. The lowest BCUT2D eigenvalue weighted by Gasteiger charge is -2.51. The largest absolute Gasteiger partial charge is 0.392 e. The number of hydrogen-bond acceptors (Lipinski definition) is 5. The number of amides is 4. The fourth-order valence-corrected chi connectivity index (χ4v) is 4.65. The van der Waals surface area contributed by atoms with Gasteiger partial charge in [0.2, 0.25) is 5.91 Å². The third-order valence-electron chi connectivity index (χ3n) is 6.13. The van der Waals surface area contributed by atoms with E-state index < -0.39 is 29.2 Å². The minimum absolute atomic E-state index is 0.0830. The van der Waals surface area contributed by atoms with Crippen LogP contribution in [0.5, 0.6) is 0 Å². The standard InChI is InChI=1S/C26H23ClFN5O3/c1-26-14-22(34)33(25(36)32(26)11-10-31(24(26)35)19(15-29)16-30-2)23-20(27)12-18(13-21(23)28)9-8-17-6-4-3-5-7-17/h3-7,12-13,15-16,29-30H,10-11,14H2,1-2H3/b19-16+,29-15?. The Morgan fingerprint density at radius 2 is 1.83 bits per heavy atom. The highest BCUT2D eigenvalue weighted by atomic mass is 35.5. The molecule has 1 unspecified atom stereocenters. The quantitative estimate of drug-likeness (QED) is 0.490. The zero-order valence-corrected chi connectivity index (χ0v) is 20.4. The maximum atomic E-state index is 15.2. The van der Waals surface area contributed by atoms with Gasteiger partial charge in [-0.25, -0.2) is 14.1 Å². The number of hydrogen-bond donors (Lipinski definition) is 2. The summed E-state index contributed by atoms with van der Waals surface area (Å²) in [6.45, 7) is 1.69. The molecule has 2 aliphatic heterocycles. The minimum Gasteiger partial charge on any atom is -0.392 e. The van der Waals surface area contributed by atoms with Crippen LogP contribution in [0.15, 0.2) is 54.4 Å². The van der Waals surface area contributed by atoms with E-state index in [9.17, 15) is 14.4 Å². The Bertz CT molecular complexity index is 1330. The number of imide groups is 1. The zero-order valence-electron chi connectivity index (χ0n) is 19.6. The third-order valence-corrected chi connectivity index (χ3v) is 6.42. The van der Waals surface area contributed by atoms with Gasteiger partial charge in [0, 0.05) is 43.7 Å². The van der Waals surface area contributed by atoms with Crippen LogP contribution in [0.25, 0.3) is 0 Å². The minimum atomic E-state index is -1.48. The molecule has 8 nitrogen and oxygen atoms in total. The second-order valence-electron chi connectivity index (χ2n) is 8.48. The van der Waals surface area contributed by atoms with Crippen LogP contribution in [-0.2, 0) is 9.59 Å². The molecule has 2 aliphatic rings. The van der Waals surface area contributed by atoms with Crippen LogP contribution in [-0.4, -0.2) is 59.5 Å². The summed E-state index contributed by atoms with van der Waals surface area (Å²) in [7, 11) is 1.63. The summed E-state index contributed by atoms with van der Waals surface area (Å²) in [5.41, 5.74) is -0.538. The molecule has 0 spiro atoms. The van der Waals surface area contributed by atoms with Crippen LogP contribution >= 0.6 is 11.6 Å². The van der Waals surface area contributed by atoms with Crippen molar-refractivity contribution in [3.63, 3.8) is 0 Å². The summed E-state index contributed by atoms with van der Waals surface area (Å²) in [4.78, 5) is 43.2. The van der Waals surface area contributed by atoms with Gasteiger partial charge in [-0.1, -0.05) is 41.6 Å². The van der Waals surface area contributed by atoms with E-state index in [1.807, 2.05) is 30.3 Å². The molecular weight excluding hydrogens is 485 g/mol. The van der Waals surface area contributed by atoms with Gasteiger partial charge in [0.1, 0.15) is 17.0 Å². The predicted octanol–water partition coefficient (Wildman–Crippen LogP) is 3.35. The maximum Gasteiger partial charge on any atom is 0.332 e. The molecule has 36 heavy (non-hydrogen) atoms. The van der Waals surface area contributed by atoms with E-state index in [0.29, 0.717) is 10.6 Å². The van der Waals surface area contributed by atoms with Crippen molar-refractivity contribution in [1.82, 2.24) is 15.1 Å². The number of fused-ring (bicyclic) bond motifs is 1. The normalized spacial score (nSPS) is 20.1. The molecular formula is C26H23ClFN5O3. The van der Waals surface area contributed by atoms with E-state index >= 15 is 4.39 Å². The first kappa shape index (κ1) is 24.9. The Morgan fingerprint density at radius 3 is 2.47 bits per heavy atom. The molecule has 2 saturated heterocycles. The lowest BCUT2D eigenvalue weighted by atomic mass is 9.88. The van der Waals surface area contributed by atoms with Crippen molar-refractivity contribution in [1.29, 1.82) is 5.41 Å². The van der Waals surface area contributed by atoms with E-state index in [-0.39, 0.29) is 35.8 Å². The summed E-state index contributed by atoms with van der Waals surface area (Å²) < 4.78 is 15.2. The number of nitrogens with one attached hydrogen (secondary N) is 2. The van der Waals surface area contributed by atoms with Crippen molar-refractivity contribution >= 4 is 41.3 Å². The van der Waals surface area contributed by atoms with E-state index in [0.717, 1.165) is 17.8 Å². The molecule has 0 bridgehead atoms. The van der Waals surface area contributed by atoms with Crippen LogP contribution in [0.1, 0.15) is 24.5 Å². The smallest absolute Gasteiger partial charge is 0.332 e. The number of urea groups is 1. The summed E-state index contributed by atoms with van der Waals surface area (Å²) >= 11 is 6.35. The number of carbonyl (C=O) groups excluding carboxylic acids is 3. The SMILES string of the molecule is CN/C=C(\C=N)N1CCN2C(=O)N(c3c(F)cc(C#Cc4ccccc4)cc3Cl)C(=O)CC2(C)C1=O. The van der Waals surface area contributed by atoms with Crippen molar-refractivity contribution < 1.29 is 18.8 Å². The number of piperazine rings is 1. The maximum absolute atomic E-state index is 15.2. The molecule has 2 heterocycles. The molecule has 1 atom stereocenters. The van der Waals surface area contributed by atoms with E-state index in [1.165, 1.54) is 29.0 Å². The van der Waals surface area contributed by atoms with Crippen LogP contribution in [0.4, 0.5) is 14.9 Å². The fourth-order valence-electron chi connectivity index (χ4n) is 4.36. The molecule has 4 rings (SSSR count). The van der Waals surface area contributed by atoms with Crippen LogP contribution < -0.4 is 10.2 Å². The lowest BCUT2D eigenvalue weighted by Crippen LogP contribution is -2.72. The van der Waals surface area contributed by atoms with Gasteiger partial charge in [0.25, 0.3) is 5.91 Å². The number of nitrogens with zero attached hydrogens (tertiary/aromatic N) is 3. The van der Waals surface area contributed by atoms with Crippen molar-refractivity contribution in [2.24, 2.45) is 0 Å². The summed E-state index contributed by atoms with van der Waals surface area (Å²) in [5.74, 6) is 3.60. The highest BCUT2D eigenvalue weighted by molar-refractivity contribution is 6.35. The summed E-state index contributed by atoms with van der Waals surface area (Å²) in [5, 5.41) is 10.2. The predicted molar refractivity (Wildman–Crippen MR) is 134 cm³/mol. The zero-order chi connectivity index (χ0) is 26.0. The molecule has 0 radical (unpaired) electrons. The van der Waals surface area contributed by atoms with Gasteiger partial charge >= 0.3 is 6.03 Å². The molecule has 0 saturated carbocycles. The molecule has 10 heteroatoms. The number of allylic oxidation sites excluding steroid dienone is 1.